The number of hydrogen-bond donors (Lipinski definition) is 1. The van der Waals surface area contributed by atoms with Crippen LogP contribution in [-0.4, -0.2) is 34.3 Å². The molecule has 0 aromatic heterocycles. The molecule has 2 heterocycles. The molecule has 23 heavy (non-hydrogen) atoms. The van der Waals surface area contributed by atoms with E-state index in [1.807, 2.05) is 35.4 Å². The van der Waals surface area contributed by atoms with Gasteiger partial charge in [0, 0.05) is 12.0 Å². The third-order valence-electron chi connectivity index (χ3n) is 5.21. The van der Waals surface area contributed by atoms with Crippen LogP contribution in [0.5, 0.6) is 0 Å². The van der Waals surface area contributed by atoms with Crippen LogP contribution in [0.3, 0.4) is 0 Å². The largest absolute Gasteiger partial charge is 0.283 e. The van der Waals surface area contributed by atoms with Gasteiger partial charge in [0.2, 0.25) is 0 Å². The summed E-state index contributed by atoms with van der Waals surface area (Å²) < 4.78 is 0. The van der Waals surface area contributed by atoms with Crippen molar-refractivity contribution in [3.8, 4) is 0 Å². The van der Waals surface area contributed by atoms with Crippen molar-refractivity contribution in [1.82, 2.24) is 15.4 Å². The van der Waals surface area contributed by atoms with Crippen LogP contribution in [-0.2, 0) is 11.3 Å². The minimum atomic E-state index is -0.0924. The molecule has 2 fully saturated rings. The Kier molecular flexibility index (Phi) is 3.65. The average molecular weight is 310 g/mol. The Morgan fingerprint density at radius 3 is 2.83 bits per heavy atom. The topological polar surface area (TPSA) is 47.9 Å². The lowest BCUT2D eigenvalue weighted by atomic mass is 9.81. The normalized spacial score (nSPS) is 29.4. The van der Waals surface area contributed by atoms with E-state index in [1.54, 1.807) is 11.3 Å². The van der Waals surface area contributed by atoms with Gasteiger partial charge < -0.3 is 0 Å². The molecular formula is C18H22N4O. The highest BCUT2D eigenvalue weighted by Gasteiger charge is 2.48. The zero-order valence-corrected chi connectivity index (χ0v) is 13.2. The Labute approximate surface area is 136 Å². The minimum Gasteiger partial charge on any atom is -0.283 e. The second-order valence-electron chi connectivity index (χ2n) is 6.61. The molecule has 1 aliphatic carbocycles. The van der Waals surface area contributed by atoms with Gasteiger partial charge in [-0.1, -0.05) is 49.8 Å². The lowest BCUT2D eigenvalue weighted by Gasteiger charge is -2.33. The fourth-order valence-corrected chi connectivity index (χ4v) is 3.96. The highest BCUT2D eigenvalue weighted by molar-refractivity contribution is 5.87. The number of amides is 1. The molecule has 4 rings (SSSR count). The van der Waals surface area contributed by atoms with Crippen LogP contribution in [0.15, 0.2) is 35.9 Å². The van der Waals surface area contributed by atoms with Crippen LogP contribution < -0.4 is 5.43 Å². The lowest BCUT2D eigenvalue weighted by Crippen LogP contribution is -2.51. The Morgan fingerprint density at radius 2 is 2.04 bits per heavy atom. The van der Waals surface area contributed by atoms with Crippen molar-refractivity contribution in [2.75, 3.05) is 0 Å². The second-order valence-corrected chi connectivity index (χ2v) is 6.61. The zero-order chi connectivity index (χ0) is 15.8. The molecule has 1 amide bonds. The third kappa shape index (κ3) is 2.55. The molecule has 1 saturated heterocycles. The van der Waals surface area contributed by atoms with Crippen LogP contribution in [0.4, 0.5) is 0 Å². The van der Waals surface area contributed by atoms with E-state index in [0.29, 0.717) is 18.5 Å². The van der Waals surface area contributed by atoms with Crippen LogP contribution in [0.1, 0.15) is 36.8 Å². The number of benzene rings is 1. The highest BCUT2D eigenvalue weighted by Crippen LogP contribution is 2.35. The summed E-state index contributed by atoms with van der Waals surface area (Å²) in [5.41, 5.74) is 5.62. The third-order valence-corrected chi connectivity index (χ3v) is 5.21. The SMILES string of the molecule is C=Cc1ccc(CN2N=CN3NC4CCCCC4C3C2=O)cc1. The Hall–Kier alpha value is -2.14. The molecule has 3 aliphatic rings. The van der Waals surface area contributed by atoms with E-state index >= 15 is 0 Å². The summed E-state index contributed by atoms with van der Waals surface area (Å²) in [7, 11) is 0. The smallest absolute Gasteiger partial charge is 0.267 e. The predicted octanol–water partition coefficient (Wildman–Crippen LogP) is 2.36. The first kappa shape index (κ1) is 14.5. The summed E-state index contributed by atoms with van der Waals surface area (Å²) >= 11 is 0. The molecular weight excluding hydrogens is 288 g/mol. The molecule has 1 aromatic rings. The van der Waals surface area contributed by atoms with Crippen LogP contribution in [0.2, 0.25) is 0 Å². The molecule has 0 spiro atoms. The van der Waals surface area contributed by atoms with E-state index in [4.69, 9.17) is 0 Å². The maximum atomic E-state index is 12.9. The number of nitrogens with zero attached hydrogens (tertiary/aromatic N) is 3. The van der Waals surface area contributed by atoms with Crippen molar-refractivity contribution < 1.29 is 4.79 Å². The van der Waals surface area contributed by atoms with E-state index in [2.05, 4.69) is 17.1 Å². The summed E-state index contributed by atoms with van der Waals surface area (Å²) in [6.07, 6.45) is 8.35. The van der Waals surface area contributed by atoms with Crippen LogP contribution in [0, 0.1) is 5.92 Å². The molecule has 1 saturated carbocycles. The molecule has 1 aromatic carbocycles. The first-order chi connectivity index (χ1) is 11.3. The highest BCUT2D eigenvalue weighted by atomic mass is 16.2. The summed E-state index contributed by atoms with van der Waals surface area (Å²) in [5.74, 6) is 0.524. The summed E-state index contributed by atoms with van der Waals surface area (Å²) in [6, 6.07) is 8.42. The first-order valence-electron chi connectivity index (χ1n) is 8.37. The second kappa shape index (κ2) is 5.81. The fourth-order valence-electron chi connectivity index (χ4n) is 3.96. The summed E-state index contributed by atoms with van der Waals surface area (Å²) in [6.45, 7) is 4.28. The van der Waals surface area contributed by atoms with Gasteiger partial charge in [-0.2, -0.15) is 5.10 Å². The van der Waals surface area contributed by atoms with Gasteiger partial charge in [0.1, 0.15) is 12.4 Å². The number of fused-ring (bicyclic) bond motifs is 3. The molecule has 5 heteroatoms. The molecule has 120 valence electrons. The Balaban J connectivity index is 1.51. The van der Waals surface area contributed by atoms with E-state index in [1.165, 1.54) is 12.8 Å². The molecule has 1 N–H and O–H groups in total. The summed E-state index contributed by atoms with van der Waals surface area (Å²) in [4.78, 5) is 12.9. The Bertz CT molecular complexity index is 639. The zero-order valence-electron chi connectivity index (χ0n) is 13.2. The molecule has 3 atom stereocenters. The lowest BCUT2D eigenvalue weighted by molar-refractivity contribution is -0.138. The number of hydrazone groups is 1. The van der Waals surface area contributed by atoms with Crippen molar-refractivity contribution in [3.05, 3.63) is 42.0 Å². The number of nitrogens with one attached hydrogen (secondary N) is 1. The maximum Gasteiger partial charge on any atom is 0.267 e. The van der Waals surface area contributed by atoms with Gasteiger partial charge in [-0.05, 0) is 24.0 Å². The van der Waals surface area contributed by atoms with Crippen molar-refractivity contribution in [2.45, 2.75) is 44.3 Å². The van der Waals surface area contributed by atoms with Gasteiger partial charge in [0.25, 0.3) is 5.91 Å². The Morgan fingerprint density at radius 1 is 1.26 bits per heavy atom. The van der Waals surface area contributed by atoms with Gasteiger partial charge in [-0.3, -0.25) is 9.80 Å². The number of hydrogen-bond acceptors (Lipinski definition) is 4. The fraction of sp³-hybridized carbons (Fsp3) is 0.444. The van der Waals surface area contributed by atoms with Crippen molar-refractivity contribution in [2.24, 2.45) is 11.0 Å². The number of rotatable bonds is 3. The molecule has 5 nitrogen and oxygen atoms in total. The van der Waals surface area contributed by atoms with Gasteiger partial charge in [-0.15, -0.1) is 0 Å². The van der Waals surface area contributed by atoms with Crippen molar-refractivity contribution in [3.63, 3.8) is 0 Å². The van der Waals surface area contributed by atoms with Gasteiger partial charge >= 0.3 is 0 Å². The van der Waals surface area contributed by atoms with E-state index in [-0.39, 0.29) is 11.9 Å². The van der Waals surface area contributed by atoms with Crippen molar-refractivity contribution in [1.29, 1.82) is 0 Å². The number of carbonyl (C=O) groups is 1. The standard InChI is InChI=1S/C18H22N4O/c1-2-13-7-9-14(10-8-13)11-21-18(23)17-15-5-3-4-6-16(15)20-22(17)12-19-21/h2,7-10,12,15-17,20H,1,3-6,11H2. The average Bonchev–Trinajstić information content (AvgIpc) is 2.97. The van der Waals surface area contributed by atoms with E-state index in [9.17, 15) is 4.79 Å². The minimum absolute atomic E-state index is 0.0924. The van der Waals surface area contributed by atoms with Gasteiger partial charge in [0.05, 0.1) is 6.54 Å². The molecule has 3 unspecified atom stereocenters. The van der Waals surface area contributed by atoms with E-state index in [0.717, 1.165) is 24.0 Å². The summed E-state index contributed by atoms with van der Waals surface area (Å²) in [5, 5.41) is 7.90. The van der Waals surface area contributed by atoms with E-state index < -0.39 is 0 Å². The first-order valence-corrected chi connectivity index (χ1v) is 8.37. The van der Waals surface area contributed by atoms with Crippen LogP contribution in [0.25, 0.3) is 6.08 Å². The number of carbonyl (C=O) groups excluding carboxylic acids is 1. The number of hydrazine groups is 1. The molecule has 0 bridgehead atoms. The van der Waals surface area contributed by atoms with Crippen LogP contribution >= 0.6 is 0 Å². The van der Waals surface area contributed by atoms with Crippen molar-refractivity contribution >= 4 is 18.3 Å². The quantitative estimate of drug-likeness (QED) is 0.932. The molecule has 0 radical (unpaired) electrons. The maximum absolute atomic E-state index is 12.9. The molecule has 2 aliphatic heterocycles. The monoisotopic (exact) mass is 310 g/mol. The van der Waals surface area contributed by atoms with Gasteiger partial charge in [-0.25, -0.2) is 10.4 Å². The predicted molar refractivity (Wildman–Crippen MR) is 90.1 cm³/mol. The van der Waals surface area contributed by atoms with Gasteiger partial charge in [0.15, 0.2) is 0 Å².